The smallest absolute Gasteiger partial charge is 0.136 e. The van der Waals surface area contributed by atoms with Gasteiger partial charge in [-0.15, -0.1) is 56.7 Å². The predicted octanol–water partition coefficient (Wildman–Crippen LogP) is 43.4. The minimum atomic E-state index is -0.438. The van der Waals surface area contributed by atoms with Crippen molar-refractivity contribution in [3.63, 3.8) is 0 Å². The van der Waals surface area contributed by atoms with Crippen molar-refractivity contribution in [3.8, 4) is 22.3 Å². The third kappa shape index (κ3) is 10.8. The maximum Gasteiger partial charge on any atom is 0.136 e. The molecule has 6 aromatic heterocycles. The molecule has 0 saturated heterocycles. The molecule has 6 heterocycles. The first-order valence-corrected chi connectivity index (χ1v) is 56.0. The standard InChI is InChI=1S/C45H26S.C35H22S.C32H16OS.C32H16S2/c1-3-13-27(14-4-1)45(28-15-5-2-6-16-28)37-23-9-7-17-31(37)43-33-21-11-19-29-30-20-12-22-34-42(30)36(35(41(29)33)25-38(43)45)26-40-44(34)32-18-8-10-24-39(32)46-40;1-35(2)27-15-5-3-9-21(27)33-23-13-7-11-19-20-12-8-14-24-32(20)26(25(31(19)23)17-28(33)35)18-30-34(24)22-10-4-6-16-29(22)36-30;1-3-13-25-19(7-1)31-21-11-5-9-17-18-10-6-12-22-30(18)24(23(29(17)21)15-26(31)33-25)16-28-32(22)20-8-2-4-14-27(20)34-28;1-3-13-25-19(7-1)31-21-11-5-9-17-18-10-6-12-22-30(18)24(23(29(17)21)15-27(31)33-25)16-28-32(22)20-8-2-4-14-26(20)34-28/h1-26H;3-18H,1-2H3;2*1-16H. The maximum absolute atomic E-state index is 6.39. The third-order valence-electron chi connectivity index (χ3n) is 34.6. The summed E-state index contributed by atoms with van der Waals surface area (Å²) in [5, 5.41) is 59.7. The van der Waals surface area contributed by atoms with Crippen molar-refractivity contribution in [3.05, 3.63) is 482 Å². The molecular weight excluding hydrogens is 1910 g/mol. The number of furan rings is 1. The van der Waals surface area contributed by atoms with Crippen LogP contribution in [0.1, 0.15) is 47.2 Å². The second kappa shape index (κ2) is 30.3. The van der Waals surface area contributed by atoms with Crippen LogP contribution >= 0.6 is 56.7 Å². The fourth-order valence-electron chi connectivity index (χ4n) is 28.8. The number of thiophene rings is 5. The molecular formula is C144H80OS5. The van der Waals surface area contributed by atoms with Gasteiger partial charge in [-0.3, -0.25) is 0 Å². The molecule has 0 N–H and O–H groups in total. The minimum absolute atomic E-state index is 0.0234. The van der Waals surface area contributed by atoms with E-state index in [-0.39, 0.29) is 5.41 Å². The number of hydrogen-bond acceptors (Lipinski definition) is 6. The van der Waals surface area contributed by atoms with Crippen LogP contribution < -0.4 is 0 Å². The van der Waals surface area contributed by atoms with E-state index < -0.39 is 5.41 Å². The van der Waals surface area contributed by atoms with Crippen LogP contribution in [0.3, 0.4) is 0 Å². The lowest BCUT2D eigenvalue weighted by atomic mass is 9.67. The van der Waals surface area contributed by atoms with Crippen LogP contribution in [0.2, 0.25) is 0 Å². The van der Waals surface area contributed by atoms with E-state index in [1.54, 1.807) is 0 Å². The summed E-state index contributed by atoms with van der Waals surface area (Å²) in [6.07, 6.45) is 0. The van der Waals surface area contributed by atoms with Crippen molar-refractivity contribution in [2.75, 3.05) is 0 Å². The van der Waals surface area contributed by atoms with Crippen molar-refractivity contribution < 1.29 is 4.42 Å². The van der Waals surface area contributed by atoms with E-state index in [1.165, 1.54) is 340 Å². The van der Waals surface area contributed by atoms with Crippen LogP contribution in [0.25, 0.3) is 317 Å². The van der Waals surface area contributed by atoms with Crippen LogP contribution in [-0.2, 0) is 10.8 Å². The average molecular weight is 1990 g/mol. The summed E-state index contributed by atoms with van der Waals surface area (Å²) in [6, 6.07) is 168. The highest BCUT2D eigenvalue weighted by atomic mass is 32.1. The summed E-state index contributed by atoms with van der Waals surface area (Å²) in [5.74, 6) is 0. The van der Waals surface area contributed by atoms with Gasteiger partial charge >= 0.3 is 0 Å². The average Bonchev–Trinajstić information content (AvgIpc) is 1.48. The largest absolute Gasteiger partial charge is 0.456 e. The van der Waals surface area contributed by atoms with E-state index in [4.69, 9.17) is 4.42 Å². The second-order valence-corrected chi connectivity index (χ2v) is 47.5. The molecule has 6 heteroatoms. The first kappa shape index (κ1) is 82.8. The number of fused-ring (bicyclic) bond motifs is 40. The van der Waals surface area contributed by atoms with Gasteiger partial charge in [0.15, 0.2) is 0 Å². The molecule has 692 valence electrons. The zero-order chi connectivity index (χ0) is 97.7. The fraction of sp³-hybridized carbons (Fsp3) is 0.0278. The molecule has 0 amide bonds. The molecule has 38 rings (SSSR count). The van der Waals surface area contributed by atoms with Gasteiger partial charge in [-0.25, -0.2) is 0 Å². The molecule has 150 heavy (non-hydrogen) atoms. The molecule has 0 fully saturated rings. The Hall–Kier alpha value is -17.3. The molecule has 30 aromatic carbocycles. The SMILES string of the molecule is CC1(C)c2ccccc2-c2c1cc1c3cc4sc5ccccc5c4c4cccc(c5cccc2c51)c34.c1ccc(C2(c3ccccc3)c3ccccc3-c3c2cc2c4cc5sc6ccccc6c5c5cccc(c6cccc3c62)c45)cc1.c1ccc2c(c1)oc1cc3c4cc5sc6ccccc6c5c5cccc(c6cccc(c12)c63)c45.c1ccc2c(c1)sc1cc3c4cc5sc6ccccc6c5c5cccc(c6cccc(c12)c63)c45. The summed E-state index contributed by atoms with van der Waals surface area (Å²) in [7, 11) is 0. The van der Waals surface area contributed by atoms with Gasteiger partial charge in [-0.2, -0.15) is 0 Å². The van der Waals surface area contributed by atoms with E-state index >= 15 is 0 Å². The van der Waals surface area contributed by atoms with E-state index in [1.807, 2.05) is 62.8 Å². The number of benzene rings is 30. The maximum atomic E-state index is 6.39. The Labute approximate surface area is 877 Å². The molecule has 0 bridgehead atoms. The quantitative estimate of drug-likeness (QED) is 0.124. The van der Waals surface area contributed by atoms with E-state index in [0.29, 0.717) is 0 Å². The Bertz CT molecular complexity index is 11700. The number of hydrogen-bond donors (Lipinski definition) is 0. The molecule has 1 nitrogen and oxygen atoms in total. The van der Waals surface area contributed by atoms with Gasteiger partial charge in [0.2, 0.25) is 0 Å². The summed E-state index contributed by atoms with van der Waals surface area (Å²) >= 11 is 9.56. The van der Waals surface area contributed by atoms with Crippen molar-refractivity contribution >= 4 is 352 Å². The van der Waals surface area contributed by atoms with Crippen LogP contribution in [0.15, 0.2) is 453 Å². The molecule has 0 saturated carbocycles. The monoisotopic (exact) mass is 1980 g/mol. The van der Waals surface area contributed by atoms with E-state index in [9.17, 15) is 0 Å². The van der Waals surface area contributed by atoms with Gasteiger partial charge in [-0.1, -0.05) is 378 Å². The molecule has 0 unspecified atom stereocenters. The first-order chi connectivity index (χ1) is 74.2. The van der Waals surface area contributed by atoms with Crippen molar-refractivity contribution in [2.24, 2.45) is 0 Å². The van der Waals surface area contributed by atoms with E-state index in [2.05, 4.69) is 457 Å². The summed E-state index contributed by atoms with van der Waals surface area (Å²) in [6.45, 7) is 4.78. The predicted molar refractivity (Wildman–Crippen MR) is 657 cm³/mol. The first-order valence-electron chi connectivity index (χ1n) is 52.0. The second-order valence-electron chi connectivity index (χ2n) is 42.1. The van der Waals surface area contributed by atoms with Gasteiger partial charge in [0.05, 0.1) is 5.41 Å². The molecule has 36 aromatic rings. The number of para-hydroxylation sites is 1. The zero-order valence-corrected chi connectivity index (χ0v) is 85.3. The topological polar surface area (TPSA) is 13.1 Å². The molecule has 0 spiro atoms. The third-order valence-corrected chi connectivity index (χ3v) is 40.2. The molecule has 2 aliphatic rings. The summed E-state index contributed by atoms with van der Waals surface area (Å²) in [4.78, 5) is 0. The van der Waals surface area contributed by atoms with Gasteiger partial charge in [-0.05, 0) is 313 Å². The summed E-state index contributed by atoms with van der Waals surface area (Å²) in [5.41, 5.74) is 15.2. The molecule has 0 atom stereocenters. The van der Waals surface area contributed by atoms with Gasteiger partial charge in [0.1, 0.15) is 11.2 Å². The van der Waals surface area contributed by atoms with Crippen molar-refractivity contribution in [2.45, 2.75) is 24.7 Å². The highest BCUT2D eigenvalue weighted by molar-refractivity contribution is 7.28. The Kier molecular flexibility index (Phi) is 16.7. The summed E-state index contributed by atoms with van der Waals surface area (Å²) < 4.78 is 20.0. The van der Waals surface area contributed by atoms with E-state index in [0.717, 1.165) is 11.2 Å². The van der Waals surface area contributed by atoms with Crippen LogP contribution in [-0.4, -0.2) is 0 Å². The minimum Gasteiger partial charge on any atom is -0.456 e. The van der Waals surface area contributed by atoms with Gasteiger partial charge in [0, 0.05) is 117 Å². The van der Waals surface area contributed by atoms with Crippen molar-refractivity contribution in [1.82, 2.24) is 0 Å². The van der Waals surface area contributed by atoms with Gasteiger partial charge in [0.25, 0.3) is 0 Å². The van der Waals surface area contributed by atoms with Crippen LogP contribution in [0.4, 0.5) is 0 Å². The molecule has 0 aliphatic heterocycles. The fourth-order valence-corrected chi connectivity index (χ4v) is 34.6. The Morgan fingerprint density at radius 2 is 0.387 bits per heavy atom. The van der Waals surface area contributed by atoms with Crippen LogP contribution in [0.5, 0.6) is 0 Å². The van der Waals surface area contributed by atoms with Crippen molar-refractivity contribution in [1.29, 1.82) is 0 Å². The lowest BCUT2D eigenvalue weighted by Crippen LogP contribution is -2.28. The Morgan fingerprint density at radius 1 is 0.147 bits per heavy atom. The lowest BCUT2D eigenvalue weighted by Gasteiger charge is -2.34. The highest BCUT2D eigenvalue weighted by Crippen LogP contribution is 2.63. The molecule has 0 radical (unpaired) electrons. The van der Waals surface area contributed by atoms with Crippen LogP contribution in [0, 0.1) is 0 Å². The zero-order valence-electron chi connectivity index (χ0n) is 81.2. The normalized spacial score (nSPS) is 13.5. The highest BCUT2D eigenvalue weighted by Gasteiger charge is 2.48. The van der Waals surface area contributed by atoms with Gasteiger partial charge < -0.3 is 4.42 Å². The lowest BCUT2D eigenvalue weighted by molar-refractivity contribution is 0.661. The number of rotatable bonds is 2. The Morgan fingerprint density at radius 3 is 0.740 bits per heavy atom. The Balaban J connectivity index is 0.0000000843. The molecule has 2 aliphatic carbocycles.